The number of allylic oxidation sites excluding steroid dienone is 2. The van der Waals surface area contributed by atoms with Crippen LogP contribution >= 0.6 is 11.6 Å². The van der Waals surface area contributed by atoms with Crippen molar-refractivity contribution in [3.8, 4) is 5.75 Å². The van der Waals surface area contributed by atoms with Gasteiger partial charge in [0.2, 0.25) is 23.6 Å². The number of imide groups is 2. The number of halogens is 2. The Balaban J connectivity index is 1.30. The predicted octanol–water partition coefficient (Wildman–Crippen LogP) is 6.47. The van der Waals surface area contributed by atoms with Crippen molar-refractivity contribution < 1.29 is 38.6 Å². The van der Waals surface area contributed by atoms with E-state index in [4.69, 9.17) is 11.6 Å². The van der Waals surface area contributed by atoms with E-state index in [1.165, 1.54) is 36.4 Å². The van der Waals surface area contributed by atoms with Gasteiger partial charge in [-0.15, -0.1) is 0 Å². The third-order valence-corrected chi connectivity index (χ3v) is 11.3. The minimum Gasteiger partial charge on any atom is -0.507 e. The fourth-order valence-electron chi connectivity index (χ4n) is 8.82. The molecule has 9 nitrogen and oxygen atoms in total. The first kappa shape index (κ1) is 31.0. The Kier molecular flexibility index (Phi) is 6.84. The molecule has 0 unspecified atom stereocenters. The number of aromatic carboxylic acids is 1. The van der Waals surface area contributed by atoms with Crippen LogP contribution in [0.2, 0.25) is 5.02 Å². The van der Waals surface area contributed by atoms with Crippen molar-refractivity contribution >= 4 is 63.3 Å². The van der Waals surface area contributed by atoms with Gasteiger partial charge in [-0.05, 0) is 79.1 Å². The normalized spacial score (nSPS) is 27.7. The number of rotatable bonds is 4. The first-order valence-electron chi connectivity index (χ1n) is 15.9. The molecule has 11 heteroatoms. The Bertz CT molecular complexity index is 2220. The molecule has 0 bridgehead atoms. The number of anilines is 2. The number of benzene rings is 4. The summed E-state index contributed by atoms with van der Waals surface area (Å²) in [7, 11) is 0. The lowest BCUT2D eigenvalue weighted by atomic mass is 9.51. The van der Waals surface area contributed by atoms with Crippen molar-refractivity contribution in [3.63, 3.8) is 0 Å². The lowest BCUT2D eigenvalue weighted by Crippen LogP contribution is -2.49. The Morgan fingerprint density at radius 3 is 2.33 bits per heavy atom. The van der Waals surface area contributed by atoms with Crippen molar-refractivity contribution in [1.29, 1.82) is 0 Å². The van der Waals surface area contributed by atoms with Gasteiger partial charge in [0.15, 0.2) is 0 Å². The summed E-state index contributed by atoms with van der Waals surface area (Å²) < 4.78 is 14.2. The second-order valence-corrected chi connectivity index (χ2v) is 13.8. The van der Waals surface area contributed by atoms with E-state index >= 15 is 0 Å². The zero-order valence-electron chi connectivity index (χ0n) is 26.0. The molecule has 6 atom stereocenters. The Hall–Kier alpha value is -5.35. The number of fused-ring (bicyclic) bond motifs is 5. The van der Waals surface area contributed by atoms with Gasteiger partial charge in [0.25, 0.3) is 0 Å². The van der Waals surface area contributed by atoms with Crippen LogP contribution in [0.15, 0.2) is 90.5 Å². The van der Waals surface area contributed by atoms with E-state index in [0.29, 0.717) is 16.3 Å². The van der Waals surface area contributed by atoms with Crippen LogP contribution in [0, 0.1) is 34.9 Å². The molecule has 4 amide bonds. The summed E-state index contributed by atoms with van der Waals surface area (Å²) in [5.41, 5.74) is 0.262. The van der Waals surface area contributed by atoms with E-state index < -0.39 is 70.4 Å². The Morgan fingerprint density at radius 2 is 1.59 bits per heavy atom. The van der Waals surface area contributed by atoms with Crippen LogP contribution in [0.25, 0.3) is 10.8 Å². The number of hydrogen-bond acceptors (Lipinski definition) is 6. The number of amides is 4. The molecule has 2 N–H and O–H groups in total. The van der Waals surface area contributed by atoms with Gasteiger partial charge in [0.1, 0.15) is 11.6 Å². The van der Waals surface area contributed by atoms with Crippen molar-refractivity contribution in [1.82, 2.24) is 0 Å². The molecule has 4 aromatic rings. The van der Waals surface area contributed by atoms with Gasteiger partial charge in [0.05, 0.1) is 45.1 Å². The standard InChI is InChI=1S/C38H28ClFN2O7/c1-38-27(34(45)42(37(38)49)20-9-13-29(40)28(39)16-20)17-26-24(32(38)23-12-14-30(43)22-8-3-2-7-21(22)23)10-11-25-31(26)35(46)41(33(25)44)19-6-4-5-18(15-19)36(47)48/h2-10,12-16,25-27,31-32,43H,11,17H2,1H3,(H,47,48)/t25-,26+,27-,31-,32-,38+/m0/s1. The molecule has 2 aliphatic heterocycles. The molecule has 4 aromatic carbocycles. The fraction of sp³-hybridized carbons (Fsp3) is 0.237. The van der Waals surface area contributed by atoms with E-state index in [-0.39, 0.29) is 40.6 Å². The first-order valence-corrected chi connectivity index (χ1v) is 16.3. The zero-order valence-corrected chi connectivity index (χ0v) is 26.7. The second-order valence-electron chi connectivity index (χ2n) is 13.3. The number of carbonyl (C=O) groups excluding carboxylic acids is 4. The van der Waals surface area contributed by atoms with Gasteiger partial charge in [-0.1, -0.05) is 59.6 Å². The molecular weight excluding hydrogens is 651 g/mol. The first-order chi connectivity index (χ1) is 23.4. The summed E-state index contributed by atoms with van der Waals surface area (Å²) in [6.45, 7) is 1.74. The molecule has 2 heterocycles. The van der Waals surface area contributed by atoms with E-state index in [9.17, 15) is 38.6 Å². The van der Waals surface area contributed by atoms with Gasteiger partial charge in [0, 0.05) is 11.3 Å². The number of phenolic OH excluding ortho intramolecular Hbond substituents is 1. The van der Waals surface area contributed by atoms with Crippen LogP contribution in [0.4, 0.5) is 15.8 Å². The topological polar surface area (TPSA) is 132 Å². The number of carboxylic acids is 1. The van der Waals surface area contributed by atoms with Crippen LogP contribution in [-0.4, -0.2) is 39.8 Å². The molecular formula is C38H28ClFN2O7. The smallest absolute Gasteiger partial charge is 0.335 e. The molecule has 49 heavy (non-hydrogen) atoms. The van der Waals surface area contributed by atoms with Crippen LogP contribution < -0.4 is 9.80 Å². The second kappa shape index (κ2) is 10.8. The molecule has 8 rings (SSSR count). The molecule has 2 saturated heterocycles. The number of hydrogen-bond donors (Lipinski definition) is 2. The zero-order chi connectivity index (χ0) is 34.5. The summed E-state index contributed by atoms with van der Waals surface area (Å²) in [5.74, 6) is -7.76. The van der Waals surface area contributed by atoms with E-state index in [1.54, 1.807) is 31.2 Å². The quantitative estimate of drug-likeness (QED) is 0.187. The SMILES string of the molecule is C[C@@]12C(=O)N(c3ccc(F)c(Cl)c3)C(=O)[C@@H]1C[C@@H]1C(=CC[C@@H]3C(=O)N(c4cccc(C(=O)O)c4)C(=O)[C@@H]31)[C@@H]2c1ccc(O)c2ccccc12. The number of carbonyl (C=O) groups is 5. The van der Waals surface area contributed by atoms with Gasteiger partial charge in [-0.2, -0.15) is 0 Å². The number of nitrogens with zero attached hydrogens (tertiary/aromatic N) is 2. The lowest BCUT2D eigenvalue weighted by molar-refractivity contribution is -0.131. The van der Waals surface area contributed by atoms with Crippen LogP contribution in [0.5, 0.6) is 5.75 Å². The Labute approximate surface area is 284 Å². The maximum Gasteiger partial charge on any atom is 0.335 e. The van der Waals surface area contributed by atoms with Gasteiger partial charge < -0.3 is 10.2 Å². The fourth-order valence-corrected chi connectivity index (χ4v) is 9.00. The highest BCUT2D eigenvalue weighted by Crippen LogP contribution is 2.64. The molecule has 246 valence electrons. The van der Waals surface area contributed by atoms with Gasteiger partial charge in [-0.3, -0.25) is 24.1 Å². The van der Waals surface area contributed by atoms with Gasteiger partial charge >= 0.3 is 5.97 Å². The van der Waals surface area contributed by atoms with E-state index in [2.05, 4.69) is 0 Å². The highest BCUT2D eigenvalue weighted by atomic mass is 35.5. The highest BCUT2D eigenvalue weighted by Gasteiger charge is 2.67. The summed E-state index contributed by atoms with van der Waals surface area (Å²) in [5, 5.41) is 21.3. The molecule has 3 fully saturated rings. The Morgan fingerprint density at radius 1 is 0.857 bits per heavy atom. The number of carboxylic acid groups (broad SMARTS) is 1. The van der Waals surface area contributed by atoms with Crippen molar-refractivity contribution in [2.45, 2.75) is 25.7 Å². The van der Waals surface area contributed by atoms with Crippen LogP contribution in [0.3, 0.4) is 0 Å². The molecule has 0 radical (unpaired) electrons. The molecule has 2 aliphatic carbocycles. The molecule has 1 saturated carbocycles. The number of aromatic hydroxyl groups is 1. The molecule has 0 spiro atoms. The summed E-state index contributed by atoms with van der Waals surface area (Å²) in [4.78, 5) is 71.2. The van der Waals surface area contributed by atoms with Gasteiger partial charge in [-0.25, -0.2) is 14.1 Å². The van der Waals surface area contributed by atoms with Crippen LogP contribution in [-0.2, 0) is 19.2 Å². The number of phenols is 1. The maximum atomic E-state index is 14.7. The van der Waals surface area contributed by atoms with Crippen molar-refractivity contribution in [2.75, 3.05) is 9.80 Å². The largest absolute Gasteiger partial charge is 0.507 e. The van der Waals surface area contributed by atoms with Crippen LogP contribution in [0.1, 0.15) is 41.6 Å². The maximum absolute atomic E-state index is 14.7. The summed E-state index contributed by atoms with van der Waals surface area (Å²) in [6.07, 6.45) is 2.20. The molecule has 4 aliphatic rings. The monoisotopic (exact) mass is 678 g/mol. The van der Waals surface area contributed by atoms with E-state index in [1.807, 2.05) is 18.2 Å². The summed E-state index contributed by atoms with van der Waals surface area (Å²) in [6, 6.07) is 19.8. The lowest BCUT2D eigenvalue weighted by Gasteiger charge is -2.49. The summed E-state index contributed by atoms with van der Waals surface area (Å²) >= 11 is 6.10. The highest BCUT2D eigenvalue weighted by molar-refractivity contribution is 6.32. The molecule has 0 aromatic heterocycles. The average molecular weight is 679 g/mol. The average Bonchev–Trinajstić information content (AvgIpc) is 3.46. The predicted molar refractivity (Wildman–Crippen MR) is 178 cm³/mol. The van der Waals surface area contributed by atoms with Crippen molar-refractivity contribution in [3.05, 3.63) is 112 Å². The van der Waals surface area contributed by atoms with E-state index in [0.717, 1.165) is 21.4 Å². The van der Waals surface area contributed by atoms with Crippen molar-refractivity contribution in [2.24, 2.45) is 29.1 Å². The third kappa shape index (κ3) is 4.26. The third-order valence-electron chi connectivity index (χ3n) is 11.0. The minimum absolute atomic E-state index is 0.0401. The minimum atomic E-state index is -1.37.